The number of hydrogen-bond acceptors (Lipinski definition) is 3. The highest BCUT2D eigenvalue weighted by Gasteiger charge is 2.22. The molecule has 116 valence electrons. The maximum absolute atomic E-state index is 12.1. The zero-order chi connectivity index (χ0) is 15.2. The molecular formula is C18H22N2O2. The molecule has 1 aromatic heterocycles. The largest absolute Gasteiger partial charge is 0.469 e. The lowest BCUT2D eigenvalue weighted by Crippen LogP contribution is -2.41. The van der Waals surface area contributed by atoms with E-state index in [-0.39, 0.29) is 17.9 Å². The zero-order valence-corrected chi connectivity index (χ0v) is 12.6. The molecular weight excluding hydrogens is 276 g/mol. The summed E-state index contributed by atoms with van der Waals surface area (Å²) in [7, 11) is 0. The van der Waals surface area contributed by atoms with Crippen molar-refractivity contribution in [1.82, 2.24) is 10.6 Å². The molecule has 0 spiro atoms. The minimum absolute atomic E-state index is 0.0150. The van der Waals surface area contributed by atoms with Gasteiger partial charge in [-0.3, -0.25) is 4.79 Å². The third kappa shape index (κ3) is 3.57. The van der Waals surface area contributed by atoms with Gasteiger partial charge in [0.25, 0.3) is 0 Å². The Morgan fingerprint density at radius 2 is 2.14 bits per heavy atom. The minimum Gasteiger partial charge on any atom is -0.469 e. The molecule has 0 unspecified atom stereocenters. The topological polar surface area (TPSA) is 54.3 Å². The van der Waals surface area contributed by atoms with E-state index in [2.05, 4.69) is 22.8 Å². The SMILES string of the molecule is O=C(NCC[C@@H](c1ccccc1)c1ccco1)[C@H]1CCCN1. The second-order valence-corrected chi connectivity index (χ2v) is 5.71. The van der Waals surface area contributed by atoms with E-state index >= 15 is 0 Å². The van der Waals surface area contributed by atoms with Gasteiger partial charge in [0, 0.05) is 12.5 Å². The van der Waals surface area contributed by atoms with Gasteiger partial charge in [-0.05, 0) is 43.5 Å². The summed E-state index contributed by atoms with van der Waals surface area (Å²) in [6.45, 7) is 1.59. The first-order valence-corrected chi connectivity index (χ1v) is 7.94. The van der Waals surface area contributed by atoms with Gasteiger partial charge < -0.3 is 15.1 Å². The Morgan fingerprint density at radius 3 is 2.82 bits per heavy atom. The van der Waals surface area contributed by atoms with Gasteiger partial charge in [-0.2, -0.15) is 0 Å². The summed E-state index contributed by atoms with van der Waals surface area (Å²) >= 11 is 0. The molecule has 0 radical (unpaired) electrons. The summed E-state index contributed by atoms with van der Waals surface area (Å²) in [5.74, 6) is 1.23. The number of nitrogens with one attached hydrogen (secondary N) is 2. The average molecular weight is 298 g/mol. The summed E-state index contributed by atoms with van der Waals surface area (Å²) in [6.07, 6.45) is 4.55. The van der Waals surface area contributed by atoms with Crippen LogP contribution in [0, 0.1) is 0 Å². The molecule has 2 N–H and O–H groups in total. The van der Waals surface area contributed by atoms with E-state index < -0.39 is 0 Å². The predicted octanol–water partition coefficient (Wildman–Crippen LogP) is 2.67. The Labute approximate surface area is 130 Å². The van der Waals surface area contributed by atoms with Crippen LogP contribution in [0.2, 0.25) is 0 Å². The Balaban J connectivity index is 1.60. The molecule has 4 heteroatoms. The van der Waals surface area contributed by atoms with Gasteiger partial charge in [-0.15, -0.1) is 0 Å². The fourth-order valence-electron chi connectivity index (χ4n) is 3.02. The predicted molar refractivity (Wildman–Crippen MR) is 85.6 cm³/mol. The van der Waals surface area contributed by atoms with Gasteiger partial charge in [-0.1, -0.05) is 30.3 Å². The van der Waals surface area contributed by atoms with Crippen LogP contribution in [-0.2, 0) is 4.79 Å². The van der Waals surface area contributed by atoms with E-state index in [4.69, 9.17) is 4.42 Å². The summed E-state index contributed by atoms with van der Waals surface area (Å²) in [4.78, 5) is 12.1. The highest BCUT2D eigenvalue weighted by molar-refractivity contribution is 5.81. The summed E-state index contributed by atoms with van der Waals surface area (Å²) in [5, 5.41) is 6.27. The molecule has 2 atom stereocenters. The first kappa shape index (κ1) is 14.9. The molecule has 2 heterocycles. The molecule has 0 saturated carbocycles. The van der Waals surface area contributed by atoms with E-state index in [9.17, 15) is 4.79 Å². The maximum atomic E-state index is 12.1. The standard InChI is InChI=1S/C18H22N2O2/c21-18(16-8-4-11-19-16)20-12-10-15(17-9-5-13-22-17)14-6-2-1-3-7-14/h1-3,5-7,9,13,15-16,19H,4,8,10-12H2,(H,20,21)/t15-,16+/m0/s1. The van der Waals surface area contributed by atoms with E-state index in [1.165, 1.54) is 5.56 Å². The van der Waals surface area contributed by atoms with Gasteiger partial charge in [0.05, 0.1) is 12.3 Å². The molecule has 4 nitrogen and oxygen atoms in total. The number of carbonyl (C=O) groups excluding carboxylic acids is 1. The van der Waals surface area contributed by atoms with Crippen molar-refractivity contribution < 1.29 is 9.21 Å². The Hall–Kier alpha value is -2.07. The zero-order valence-electron chi connectivity index (χ0n) is 12.6. The fraction of sp³-hybridized carbons (Fsp3) is 0.389. The van der Waals surface area contributed by atoms with Crippen molar-refractivity contribution in [3.8, 4) is 0 Å². The number of hydrogen-bond donors (Lipinski definition) is 2. The highest BCUT2D eigenvalue weighted by atomic mass is 16.3. The van der Waals surface area contributed by atoms with Gasteiger partial charge >= 0.3 is 0 Å². The lowest BCUT2D eigenvalue weighted by molar-refractivity contribution is -0.122. The monoisotopic (exact) mass is 298 g/mol. The molecule has 1 fully saturated rings. The van der Waals surface area contributed by atoms with E-state index in [0.717, 1.165) is 31.6 Å². The van der Waals surface area contributed by atoms with Crippen LogP contribution in [0.5, 0.6) is 0 Å². The van der Waals surface area contributed by atoms with Crippen molar-refractivity contribution in [1.29, 1.82) is 0 Å². The number of amides is 1. The molecule has 3 rings (SSSR count). The minimum atomic E-state index is -0.0150. The van der Waals surface area contributed by atoms with Crippen LogP contribution in [0.3, 0.4) is 0 Å². The average Bonchev–Trinajstić information content (AvgIpc) is 3.25. The van der Waals surface area contributed by atoms with Crippen molar-refractivity contribution in [3.05, 3.63) is 60.1 Å². The van der Waals surface area contributed by atoms with Crippen LogP contribution >= 0.6 is 0 Å². The molecule has 22 heavy (non-hydrogen) atoms. The Morgan fingerprint density at radius 1 is 1.27 bits per heavy atom. The molecule has 1 aliphatic heterocycles. The lowest BCUT2D eigenvalue weighted by Gasteiger charge is -2.17. The molecule has 1 aliphatic rings. The van der Waals surface area contributed by atoms with Crippen molar-refractivity contribution in [2.45, 2.75) is 31.2 Å². The number of carbonyl (C=O) groups is 1. The molecule has 1 amide bonds. The third-order valence-corrected chi connectivity index (χ3v) is 4.20. The molecule has 2 aromatic rings. The smallest absolute Gasteiger partial charge is 0.237 e. The van der Waals surface area contributed by atoms with E-state index in [1.54, 1.807) is 6.26 Å². The van der Waals surface area contributed by atoms with Crippen LogP contribution < -0.4 is 10.6 Å². The molecule has 0 bridgehead atoms. The van der Waals surface area contributed by atoms with Gasteiger partial charge in [0.1, 0.15) is 5.76 Å². The first-order valence-electron chi connectivity index (χ1n) is 7.94. The summed E-state index contributed by atoms with van der Waals surface area (Å²) in [5.41, 5.74) is 1.21. The molecule has 1 saturated heterocycles. The third-order valence-electron chi connectivity index (χ3n) is 4.20. The second-order valence-electron chi connectivity index (χ2n) is 5.71. The van der Waals surface area contributed by atoms with Gasteiger partial charge in [-0.25, -0.2) is 0 Å². The number of rotatable bonds is 6. The first-order chi connectivity index (χ1) is 10.8. The van der Waals surface area contributed by atoms with Crippen LogP contribution in [0.25, 0.3) is 0 Å². The van der Waals surface area contributed by atoms with E-state index in [0.29, 0.717) is 6.54 Å². The molecule has 0 aliphatic carbocycles. The summed E-state index contributed by atoms with van der Waals surface area (Å²) in [6, 6.07) is 14.2. The van der Waals surface area contributed by atoms with Gasteiger partial charge in [0.2, 0.25) is 5.91 Å². The quantitative estimate of drug-likeness (QED) is 0.862. The van der Waals surface area contributed by atoms with Crippen LogP contribution in [0.15, 0.2) is 53.1 Å². The number of benzene rings is 1. The fourth-order valence-corrected chi connectivity index (χ4v) is 3.02. The van der Waals surface area contributed by atoms with Crippen LogP contribution in [0.1, 0.15) is 36.5 Å². The lowest BCUT2D eigenvalue weighted by atomic mass is 9.93. The van der Waals surface area contributed by atoms with Crippen molar-refractivity contribution in [3.63, 3.8) is 0 Å². The maximum Gasteiger partial charge on any atom is 0.237 e. The highest BCUT2D eigenvalue weighted by Crippen LogP contribution is 2.27. The number of furan rings is 1. The summed E-state index contributed by atoms with van der Waals surface area (Å²) < 4.78 is 5.58. The second kappa shape index (κ2) is 7.27. The van der Waals surface area contributed by atoms with Crippen LogP contribution in [0.4, 0.5) is 0 Å². The Bertz CT molecular complexity index is 574. The van der Waals surface area contributed by atoms with Gasteiger partial charge in [0.15, 0.2) is 0 Å². The van der Waals surface area contributed by atoms with Crippen LogP contribution in [-0.4, -0.2) is 25.0 Å². The van der Waals surface area contributed by atoms with Crippen molar-refractivity contribution in [2.24, 2.45) is 0 Å². The molecule has 1 aromatic carbocycles. The van der Waals surface area contributed by atoms with Crippen molar-refractivity contribution in [2.75, 3.05) is 13.1 Å². The van der Waals surface area contributed by atoms with E-state index in [1.807, 2.05) is 30.3 Å². The Kier molecular flexibility index (Phi) is 4.91. The van der Waals surface area contributed by atoms with Crippen molar-refractivity contribution >= 4 is 5.91 Å². The normalized spacial score (nSPS) is 19.0.